The second-order valence-electron chi connectivity index (χ2n) is 4.76. The predicted octanol–water partition coefficient (Wildman–Crippen LogP) is 4.52. The third kappa shape index (κ3) is 13.4. The first-order valence-electron chi connectivity index (χ1n) is 6.27. The number of Topliss-reactive ketones (excluding diaryl/α,β-unsaturated/α-hetero) is 1. The zero-order valence-corrected chi connectivity index (χ0v) is 10.6. The first-order valence-corrected chi connectivity index (χ1v) is 6.27. The van der Waals surface area contributed by atoms with Crippen molar-refractivity contribution in [1.82, 2.24) is 0 Å². The summed E-state index contributed by atoms with van der Waals surface area (Å²) in [5, 5.41) is 0. The van der Waals surface area contributed by atoms with Crippen molar-refractivity contribution in [1.29, 1.82) is 0 Å². The monoisotopic (exact) mass is 210 g/mol. The van der Waals surface area contributed by atoms with Crippen LogP contribution in [0.25, 0.3) is 0 Å². The molecule has 88 valence electrons. The van der Waals surface area contributed by atoms with Gasteiger partial charge >= 0.3 is 0 Å². The van der Waals surface area contributed by atoms with E-state index in [-0.39, 0.29) is 5.78 Å². The number of hydrogen-bond acceptors (Lipinski definition) is 1. The molecule has 15 heavy (non-hydrogen) atoms. The lowest BCUT2D eigenvalue weighted by atomic mass is 10.0. The van der Waals surface area contributed by atoms with Crippen molar-refractivity contribution >= 4 is 5.78 Å². The fourth-order valence-corrected chi connectivity index (χ4v) is 1.54. The van der Waals surface area contributed by atoms with Crippen LogP contribution in [0.5, 0.6) is 0 Å². The van der Waals surface area contributed by atoms with Crippen molar-refractivity contribution in [3.8, 4) is 0 Å². The highest BCUT2D eigenvalue weighted by Crippen LogP contribution is 2.10. The van der Waals surface area contributed by atoms with Crippen LogP contribution in [0.4, 0.5) is 0 Å². The van der Waals surface area contributed by atoms with Crippen molar-refractivity contribution < 1.29 is 4.79 Å². The van der Waals surface area contributed by atoms with E-state index in [1.165, 1.54) is 32.1 Å². The number of ketones is 1. The molecule has 1 heteroatoms. The Hall–Kier alpha value is -0.590. The van der Waals surface area contributed by atoms with Gasteiger partial charge in [-0.05, 0) is 25.7 Å². The minimum atomic E-state index is 0.253. The molecule has 0 saturated carbocycles. The average Bonchev–Trinajstić information content (AvgIpc) is 2.14. The molecule has 0 fully saturated rings. The SMILES string of the molecule is CC(=O)C/C=C\CCCCCCC(C)C. The van der Waals surface area contributed by atoms with E-state index in [9.17, 15) is 4.79 Å². The lowest BCUT2D eigenvalue weighted by Crippen LogP contribution is -1.87. The summed E-state index contributed by atoms with van der Waals surface area (Å²) >= 11 is 0. The van der Waals surface area contributed by atoms with E-state index in [1.54, 1.807) is 6.92 Å². The maximum absolute atomic E-state index is 10.6. The molecule has 0 N–H and O–H groups in total. The van der Waals surface area contributed by atoms with Crippen LogP contribution < -0.4 is 0 Å². The molecule has 0 aromatic rings. The molecule has 0 aromatic carbocycles. The highest BCUT2D eigenvalue weighted by Gasteiger charge is 1.93. The molecular weight excluding hydrogens is 184 g/mol. The van der Waals surface area contributed by atoms with Gasteiger partial charge in [-0.2, -0.15) is 0 Å². The van der Waals surface area contributed by atoms with Crippen LogP contribution in [-0.2, 0) is 4.79 Å². The molecule has 1 nitrogen and oxygen atoms in total. The van der Waals surface area contributed by atoms with Gasteiger partial charge in [0.25, 0.3) is 0 Å². The first kappa shape index (κ1) is 14.4. The number of carbonyl (C=O) groups is 1. The molecule has 0 spiro atoms. The summed E-state index contributed by atoms with van der Waals surface area (Å²) < 4.78 is 0. The Bertz CT molecular complexity index is 180. The summed E-state index contributed by atoms with van der Waals surface area (Å²) in [6, 6.07) is 0. The van der Waals surface area contributed by atoms with Crippen LogP contribution in [-0.4, -0.2) is 5.78 Å². The predicted molar refractivity (Wildman–Crippen MR) is 67.0 cm³/mol. The lowest BCUT2D eigenvalue weighted by molar-refractivity contribution is -0.116. The summed E-state index contributed by atoms with van der Waals surface area (Å²) in [6.45, 7) is 6.20. The quantitative estimate of drug-likeness (QED) is 0.404. The maximum atomic E-state index is 10.6. The van der Waals surface area contributed by atoms with Crippen LogP contribution in [0.2, 0.25) is 0 Å². The molecule has 0 radical (unpaired) electrons. The topological polar surface area (TPSA) is 17.1 Å². The summed E-state index contributed by atoms with van der Waals surface area (Å²) in [6.07, 6.45) is 12.6. The van der Waals surface area contributed by atoms with Gasteiger partial charge in [-0.15, -0.1) is 0 Å². The van der Waals surface area contributed by atoms with Crippen molar-refractivity contribution in [2.24, 2.45) is 5.92 Å². The van der Waals surface area contributed by atoms with E-state index in [0.29, 0.717) is 6.42 Å². The molecule has 0 aliphatic rings. The van der Waals surface area contributed by atoms with Crippen LogP contribution in [0.1, 0.15) is 65.7 Å². The molecule has 0 aromatic heterocycles. The zero-order valence-electron chi connectivity index (χ0n) is 10.6. The van der Waals surface area contributed by atoms with Crippen molar-refractivity contribution in [3.63, 3.8) is 0 Å². The third-order valence-electron chi connectivity index (χ3n) is 2.47. The van der Waals surface area contributed by atoms with E-state index in [1.807, 2.05) is 6.08 Å². The molecule has 0 bridgehead atoms. The van der Waals surface area contributed by atoms with E-state index < -0.39 is 0 Å². The van der Waals surface area contributed by atoms with Gasteiger partial charge in [0.1, 0.15) is 5.78 Å². The maximum Gasteiger partial charge on any atom is 0.133 e. The first-order chi connectivity index (χ1) is 7.13. The fourth-order valence-electron chi connectivity index (χ4n) is 1.54. The molecule has 0 unspecified atom stereocenters. The lowest BCUT2D eigenvalue weighted by Gasteiger charge is -2.03. The molecule has 0 heterocycles. The van der Waals surface area contributed by atoms with Crippen LogP contribution in [0, 0.1) is 5.92 Å². The largest absolute Gasteiger partial charge is 0.300 e. The molecule has 0 rings (SSSR count). The smallest absolute Gasteiger partial charge is 0.133 e. The van der Waals surface area contributed by atoms with Gasteiger partial charge < -0.3 is 0 Å². The third-order valence-corrected chi connectivity index (χ3v) is 2.47. The highest BCUT2D eigenvalue weighted by atomic mass is 16.1. The normalized spacial score (nSPS) is 11.5. The van der Waals surface area contributed by atoms with Gasteiger partial charge in [-0.1, -0.05) is 51.7 Å². The minimum Gasteiger partial charge on any atom is -0.300 e. The summed E-state index contributed by atoms with van der Waals surface area (Å²) in [5.41, 5.74) is 0. The molecular formula is C14H26O. The standard InChI is InChI=1S/C14H26O/c1-13(2)11-9-7-5-4-6-8-10-12-14(3)15/h8,10,13H,4-7,9,11-12H2,1-3H3/b10-8-. The van der Waals surface area contributed by atoms with Gasteiger partial charge in [0.15, 0.2) is 0 Å². The summed E-state index contributed by atoms with van der Waals surface area (Å²) in [4.78, 5) is 10.6. The summed E-state index contributed by atoms with van der Waals surface area (Å²) in [7, 11) is 0. The Morgan fingerprint density at radius 2 is 1.73 bits per heavy atom. The van der Waals surface area contributed by atoms with Gasteiger partial charge in [0.05, 0.1) is 0 Å². The van der Waals surface area contributed by atoms with E-state index in [4.69, 9.17) is 0 Å². The van der Waals surface area contributed by atoms with Crippen LogP contribution in [0.3, 0.4) is 0 Å². The van der Waals surface area contributed by atoms with Crippen molar-refractivity contribution in [2.45, 2.75) is 65.7 Å². The number of rotatable bonds is 9. The molecule has 0 aliphatic carbocycles. The van der Waals surface area contributed by atoms with Crippen molar-refractivity contribution in [2.75, 3.05) is 0 Å². The molecule has 0 amide bonds. The van der Waals surface area contributed by atoms with Gasteiger partial charge in [-0.25, -0.2) is 0 Å². The zero-order chi connectivity index (χ0) is 11.5. The number of carbonyl (C=O) groups excluding carboxylic acids is 1. The van der Waals surface area contributed by atoms with Gasteiger partial charge in [0, 0.05) is 6.42 Å². The summed E-state index contributed by atoms with van der Waals surface area (Å²) in [5.74, 6) is 1.10. The van der Waals surface area contributed by atoms with Crippen molar-refractivity contribution in [3.05, 3.63) is 12.2 Å². The average molecular weight is 210 g/mol. The Kier molecular flexibility index (Phi) is 9.55. The Labute approximate surface area is 95.0 Å². The molecule has 0 saturated heterocycles. The number of unbranched alkanes of at least 4 members (excludes halogenated alkanes) is 4. The molecule has 0 aliphatic heterocycles. The second-order valence-corrected chi connectivity index (χ2v) is 4.76. The number of allylic oxidation sites excluding steroid dienone is 2. The number of hydrogen-bond donors (Lipinski definition) is 0. The highest BCUT2D eigenvalue weighted by molar-refractivity contribution is 5.76. The Morgan fingerprint density at radius 1 is 1.07 bits per heavy atom. The Morgan fingerprint density at radius 3 is 2.33 bits per heavy atom. The Balaban J connectivity index is 3.11. The van der Waals surface area contributed by atoms with Gasteiger partial charge in [0.2, 0.25) is 0 Å². The van der Waals surface area contributed by atoms with Gasteiger partial charge in [-0.3, -0.25) is 4.79 Å². The van der Waals surface area contributed by atoms with Crippen LogP contribution >= 0.6 is 0 Å². The van der Waals surface area contributed by atoms with Crippen LogP contribution in [0.15, 0.2) is 12.2 Å². The fraction of sp³-hybridized carbons (Fsp3) is 0.786. The van der Waals surface area contributed by atoms with E-state index in [2.05, 4.69) is 19.9 Å². The minimum absolute atomic E-state index is 0.253. The second kappa shape index (κ2) is 9.95. The molecule has 0 atom stereocenters. The van der Waals surface area contributed by atoms with E-state index in [0.717, 1.165) is 12.3 Å². The van der Waals surface area contributed by atoms with E-state index >= 15 is 0 Å².